The van der Waals surface area contributed by atoms with Crippen LogP contribution in [0.15, 0.2) is 18.3 Å². The molecule has 2 rings (SSSR count). The van der Waals surface area contributed by atoms with E-state index in [1.165, 1.54) is 5.56 Å². The van der Waals surface area contributed by atoms with Crippen LogP contribution in [0.1, 0.15) is 18.3 Å². The van der Waals surface area contributed by atoms with Crippen molar-refractivity contribution >= 4 is 11.3 Å². The van der Waals surface area contributed by atoms with Crippen molar-refractivity contribution in [2.75, 3.05) is 5.73 Å². The van der Waals surface area contributed by atoms with Gasteiger partial charge in [0.1, 0.15) is 11.6 Å². The molecule has 2 heterocycles. The van der Waals surface area contributed by atoms with Gasteiger partial charge in [0.05, 0.1) is 5.52 Å². The van der Waals surface area contributed by atoms with Crippen LogP contribution < -0.4 is 5.73 Å². The summed E-state index contributed by atoms with van der Waals surface area (Å²) in [4.78, 5) is 4.29. The Labute approximate surface area is 77.2 Å². The minimum Gasteiger partial charge on any atom is -0.382 e. The molecule has 0 saturated carbocycles. The second-order valence-electron chi connectivity index (χ2n) is 3.23. The molecule has 0 bridgehead atoms. The molecule has 0 aliphatic heterocycles. The molecule has 3 heteroatoms. The molecule has 0 spiro atoms. The maximum Gasteiger partial charge on any atom is 0.149 e. The van der Waals surface area contributed by atoms with E-state index in [2.05, 4.69) is 29.4 Å². The first kappa shape index (κ1) is 8.10. The van der Waals surface area contributed by atoms with E-state index >= 15 is 0 Å². The zero-order valence-electron chi connectivity index (χ0n) is 7.91. The summed E-state index contributed by atoms with van der Waals surface area (Å²) in [6.45, 7) is 4.14. The van der Waals surface area contributed by atoms with Crippen LogP contribution in [-0.2, 0) is 6.42 Å². The summed E-state index contributed by atoms with van der Waals surface area (Å²) in [6.07, 6.45) is 2.97. The second kappa shape index (κ2) is 2.76. The standard InChI is InChI=1S/C10H13N3/c1-3-9-12-10(11)8-5-4-7(2)6-13(8)9/h4-6H,3,11H2,1-2H3. The van der Waals surface area contributed by atoms with Crippen LogP contribution in [-0.4, -0.2) is 9.38 Å². The van der Waals surface area contributed by atoms with Crippen LogP contribution in [0.25, 0.3) is 5.52 Å². The van der Waals surface area contributed by atoms with Gasteiger partial charge in [-0.1, -0.05) is 13.0 Å². The molecule has 2 aromatic rings. The van der Waals surface area contributed by atoms with Gasteiger partial charge >= 0.3 is 0 Å². The molecule has 2 aromatic heterocycles. The van der Waals surface area contributed by atoms with Gasteiger partial charge in [-0.2, -0.15) is 0 Å². The van der Waals surface area contributed by atoms with Crippen molar-refractivity contribution in [3.05, 3.63) is 29.7 Å². The number of anilines is 1. The SMILES string of the molecule is CCc1nc(N)c2ccc(C)cn12. The zero-order valence-corrected chi connectivity index (χ0v) is 7.91. The highest BCUT2D eigenvalue weighted by Gasteiger charge is 2.05. The number of fused-ring (bicyclic) bond motifs is 1. The lowest BCUT2D eigenvalue weighted by Crippen LogP contribution is -1.92. The van der Waals surface area contributed by atoms with Crippen LogP contribution in [0, 0.1) is 6.92 Å². The molecule has 0 amide bonds. The monoisotopic (exact) mass is 175 g/mol. The van der Waals surface area contributed by atoms with Gasteiger partial charge in [-0.15, -0.1) is 0 Å². The number of pyridine rings is 1. The summed E-state index contributed by atoms with van der Waals surface area (Å²) in [5, 5.41) is 0. The molecule has 0 radical (unpaired) electrons. The van der Waals surface area contributed by atoms with Crippen molar-refractivity contribution in [3.8, 4) is 0 Å². The Morgan fingerprint density at radius 3 is 2.92 bits per heavy atom. The molecule has 0 aromatic carbocycles. The molecule has 0 atom stereocenters. The second-order valence-corrected chi connectivity index (χ2v) is 3.23. The fraction of sp³-hybridized carbons (Fsp3) is 0.300. The normalized spacial score (nSPS) is 10.9. The third-order valence-electron chi connectivity index (χ3n) is 2.20. The average molecular weight is 175 g/mol. The Hall–Kier alpha value is -1.51. The van der Waals surface area contributed by atoms with E-state index in [4.69, 9.17) is 5.73 Å². The van der Waals surface area contributed by atoms with Gasteiger partial charge in [-0.3, -0.25) is 0 Å². The Morgan fingerprint density at radius 2 is 2.23 bits per heavy atom. The van der Waals surface area contributed by atoms with Crippen LogP contribution in [0.3, 0.4) is 0 Å². The van der Waals surface area contributed by atoms with E-state index in [-0.39, 0.29) is 0 Å². The molecule has 0 fully saturated rings. The number of imidazole rings is 1. The summed E-state index contributed by atoms with van der Waals surface area (Å²) >= 11 is 0. The highest BCUT2D eigenvalue weighted by atomic mass is 15.1. The maximum absolute atomic E-state index is 5.77. The first-order valence-electron chi connectivity index (χ1n) is 4.45. The van der Waals surface area contributed by atoms with E-state index in [0.717, 1.165) is 17.8 Å². The third kappa shape index (κ3) is 1.16. The predicted octanol–water partition coefficient (Wildman–Crippen LogP) is 1.79. The van der Waals surface area contributed by atoms with Crippen molar-refractivity contribution in [2.24, 2.45) is 0 Å². The van der Waals surface area contributed by atoms with Gasteiger partial charge in [0, 0.05) is 12.6 Å². The van der Waals surface area contributed by atoms with Crippen molar-refractivity contribution in [3.63, 3.8) is 0 Å². The van der Waals surface area contributed by atoms with E-state index in [9.17, 15) is 0 Å². The lowest BCUT2D eigenvalue weighted by Gasteiger charge is -1.98. The highest BCUT2D eigenvalue weighted by Crippen LogP contribution is 2.16. The van der Waals surface area contributed by atoms with Crippen LogP contribution in [0.5, 0.6) is 0 Å². The van der Waals surface area contributed by atoms with Crippen molar-refractivity contribution in [1.29, 1.82) is 0 Å². The number of hydrogen-bond donors (Lipinski definition) is 1. The molecule has 0 aliphatic carbocycles. The summed E-state index contributed by atoms with van der Waals surface area (Å²) in [5.74, 6) is 1.65. The molecule has 13 heavy (non-hydrogen) atoms. The van der Waals surface area contributed by atoms with E-state index < -0.39 is 0 Å². The smallest absolute Gasteiger partial charge is 0.149 e. The number of aromatic nitrogens is 2. The van der Waals surface area contributed by atoms with Gasteiger partial charge in [-0.05, 0) is 18.6 Å². The maximum atomic E-state index is 5.77. The summed E-state index contributed by atoms with van der Waals surface area (Å²) < 4.78 is 2.06. The van der Waals surface area contributed by atoms with Gasteiger partial charge in [0.25, 0.3) is 0 Å². The first-order valence-corrected chi connectivity index (χ1v) is 4.45. The topological polar surface area (TPSA) is 43.3 Å². The number of hydrogen-bond acceptors (Lipinski definition) is 2. The van der Waals surface area contributed by atoms with E-state index in [0.29, 0.717) is 5.82 Å². The molecule has 68 valence electrons. The molecule has 0 aliphatic rings. The van der Waals surface area contributed by atoms with E-state index in [1.54, 1.807) is 0 Å². The van der Waals surface area contributed by atoms with Crippen LogP contribution in [0.2, 0.25) is 0 Å². The number of nitrogens with two attached hydrogens (primary N) is 1. The molecule has 0 saturated heterocycles. The molecule has 0 unspecified atom stereocenters. The van der Waals surface area contributed by atoms with Crippen LogP contribution in [0.4, 0.5) is 5.82 Å². The van der Waals surface area contributed by atoms with Gasteiger partial charge in [0.15, 0.2) is 0 Å². The lowest BCUT2D eigenvalue weighted by atomic mass is 10.3. The predicted molar refractivity (Wildman–Crippen MR) is 53.7 cm³/mol. The first-order chi connectivity index (χ1) is 6.22. The Kier molecular flexibility index (Phi) is 1.72. The zero-order chi connectivity index (χ0) is 9.42. The highest BCUT2D eigenvalue weighted by molar-refractivity contribution is 5.66. The number of nitrogens with zero attached hydrogens (tertiary/aromatic N) is 2. The Balaban J connectivity index is 2.81. The fourth-order valence-electron chi connectivity index (χ4n) is 1.53. The molecule has 2 N–H and O–H groups in total. The van der Waals surface area contributed by atoms with Crippen molar-refractivity contribution < 1.29 is 0 Å². The summed E-state index contributed by atoms with van der Waals surface area (Å²) in [7, 11) is 0. The van der Waals surface area contributed by atoms with Gasteiger partial charge < -0.3 is 10.1 Å². The Morgan fingerprint density at radius 1 is 1.46 bits per heavy atom. The minimum atomic E-state index is 0.622. The number of aryl methyl sites for hydroxylation is 2. The Bertz CT molecular complexity index is 443. The fourth-order valence-corrected chi connectivity index (χ4v) is 1.53. The number of nitrogen functional groups attached to an aromatic ring is 1. The average Bonchev–Trinajstić information content (AvgIpc) is 2.42. The summed E-state index contributed by atoms with van der Waals surface area (Å²) in [5.41, 5.74) is 7.99. The minimum absolute atomic E-state index is 0.622. The lowest BCUT2D eigenvalue weighted by molar-refractivity contribution is 0.930. The molecular weight excluding hydrogens is 162 g/mol. The van der Waals surface area contributed by atoms with Gasteiger partial charge in [0.2, 0.25) is 0 Å². The van der Waals surface area contributed by atoms with Gasteiger partial charge in [-0.25, -0.2) is 4.98 Å². The number of rotatable bonds is 1. The van der Waals surface area contributed by atoms with E-state index in [1.807, 2.05) is 12.1 Å². The summed E-state index contributed by atoms with van der Waals surface area (Å²) in [6, 6.07) is 4.06. The largest absolute Gasteiger partial charge is 0.382 e. The molecule has 3 nitrogen and oxygen atoms in total. The quantitative estimate of drug-likeness (QED) is 0.718. The molecular formula is C10H13N3. The third-order valence-corrected chi connectivity index (χ3v) is 2.20. The van der Waals surface area contributed by atoms with Crippen molar-refractivity contribution in [2.45, 2.75) is 20.3 Å². The van der Waals surface area contributed by atoms with Crippen LogP contribution >= 0.6 is 0 Å². The van der Waals surface area contributed by atoms with Crippen molar-refractivity contribution in [1.82, 2.24) is 9.38 Å².